The lowest BCUT2D eigenvalue weighted by Crippen LogP contribution is -2.24. The van der Waals surface area contributed by atoms with E-state index in [2.05, 4.69) is 50.4 Å². The largest absolute Gasteiger partial charge is 0.352 e. The Morgan fingerprint density at radius 1 is 0.958 bits per heavy atom. The summed E-state index contributed by atoms with van der Waals surface area (Å²) in [5.41, 5.74) is 3.35. The summed E-state index contributed by atoms with van der Waals surface area (Å²) in [6.45, 7) is 7.06. The Balaban J connectivity index is 0.00000288. The van der Waals surface area contributed by atoms with Gasteiger partial charge >= 0.3 is 0 Å². The van der Waals surface area contributed by atoms with E-state index in [-0.39, 0.29) is 30.2 Å². The lowest BCUT2D eigenvalue weighted by atomic mass is 9.87. The summed E-state index contributed by atoms with van der Waals surface area (Å²) >= 11 is 11.8. The van der Waals surface area contributed by atoms with Crippen LogP contribution >= 0.6 is 35.6 Å². The average molecular weight is 387 g/mol. The smallest absolute Gasteiger partial charge is 0.224 e. The molecule has 0 saturated heterocycles. The van der Waals surface area contributed by atoms with E-state index in [1.165, 1.54) is 5.56 Å². The molecule has 2 aromatic carbocycles. The minimum Gasteiger partial charge on any atom is -0.352 e. The molecule has 0 heterocycles. The molecule has 0 saturated carbocycles. The Morgan fingerprint density at radius 3 is 2.08 bits per heavy atom. The molecule has 5 heteroatoms. The Kier molecular flexibility index (Phi) is 7.59. The maximum atomic E-state index is 12.0. The number of hydrogen-bond acceptors (Lipinski definition) is 1. The van der Waals surface area contributed by atoms with Gasteiger partial charge in [-0.25, -0.2) is 0 Å². The molecule has 2 nitrogen and oxygen atoms in total. The van der Waals surface area contributed by atoms with Gasteiger partial charge in [-0.2, -0.15) is 0 Å². The first-order chi connectivity index (χ1) is 10.8. The summed E-state index contributed by atoms with van der Waals surface area (Å²) in [4.78, 5) is 12.0. The van der Waals surface area contributed by atoms with Crippen LogP contribution in [0.4, 0.5) is 0 Å². The van der Waals surface area contributed by atoms with Crippen molar-refractivity contribution in [2.24, 2.45) is 0 Å². The number of halogens is 3. The van der Waals surface area contributed by atoms with E-state index in [4.69, 9.17) is 23.2 Å². The molecule has 130 valence electrons. The quantitative estimate of drug-likeness (QED) is 0.731. The molecule has 0 atom stereocenters. The van der Waals surface area contributed by atoms with Crippen LogP contribution in [0.3, 0.4) is 0 Å². The first kappa shape index (κ1) is 20.8. The fraction of sp³-hybridized carbons (Fsp3) is 0.316. The minimum atomic E-state index is -0.0386. The monoisotopic (exact) mass is 385 g/mol. The number of carbonyl (C=O) groups excluding carboxylic acids is 1. The molecule has 0 unspecified atom stereocenters. The minimum absolute atomic E-state index is 0. The number of benzene rings is 2. The number of carbonyl (C=O) groups is 1. The average Bonchev–Trinajstić information content (AvgIpc) is 2.48. The molecule has 0 fully saturated rings. The Bertz CT molecular complexity index is 691. The van der Waals surface area contributed by atoms with Gasteiger partial charge in [-0.1, -0.05) is 74.3 Å². The highest BCUT2D eigenvalue weighted by Gasteiger charge is 2.13. The molecule has 1 N–H and O–H groups in total. The standard InChI is InChI=1S/C19H21Cl2NO.ClH/c1-19(2,3)15-7-4-13(5-8-15)12-22-18(23)11-14-6-9-16(20)17(21)10-14;/h4-10H,11-12H2,1-3H3,(H,22,23);1H. The van der Waals surface area contributed by atoms with Crippen LogP contribution < -0.4 is 5.32 Å². The van der Waals surface area contributed by atoms with Crippen LogP contribution in [0, 0.1) is 0 Å². The normalized spacial score (nSPS) is 10.9. The summed E-state index contributed by atoms with van der Waals surface area (Å²) in [7, 11) is 0. The van der Waals surface area contributed by atoms with E-state index in [9.17, 15) is 4.79 Å². The van der Waals surface area contributed by atoms with Crippen LogP contribution in [-0.2, 0) is 23.2 Å². The van der Waals surface area contributed by atoms with Gasteiger partial charge in [-0.3, -0.25) is 4.79 Å². The van der Waals surface area contributed by atoms with Crippen molar-refractivity contribution >= 4 is 41.5 Å². The summed E-state index contributed by atoms with van der Waals surface area (Å²) in [6, 6.07) is 13.6. The number of amides is 1. The van der Waals surface area contributed by atoms with E-state index in [0.717, 1.165) is 11.1 Å². The summed E-state index contributed by atoms with van der Waals surface area (Å²) < 4.78 is 0. The fourth-order valence-corrected chi connectivity index (χ4v) is 2.54. The number of hydrogen-bond donors (Lipinski definition) is 1. The lowest BCUT2D eigenvalue weighted by Gasteiger charge is -2.19. The second-order valence-corrected chi connectivity index (χ2v) is 7.46. The topological polar surface area (TPSA) is 29.1 Å². The van der Waals surface area contributed by atoms with Gasteiger partial charge in [-0.15, -0.1) is 12.4 Å². The van der Waals surface area contributed by atoms with E-state index >= 15 is 0 Å². The fourth-order valence-electron chi connectivity index (χ4n) is 2.22. The maximum absolute atomic E-state index is 12.0. The van der Waals surface area contributed by atoms with Gasteiger partial charge in [-0.05, 0) is 34.2 Å². The zero-order chi connectivity index (χ0) is 17.0. The van der Waals surface area contributed by atoms with Gasteiger partial charge < -0.3 is 5.32 Å². The van der Waals surface area contributed by atoms with Crippen LogP contribution in [0.5, 0.6) is 0 Å². The molecule has 0 aliphatic rings. The summed E-state index contributed by atoms with van der Waals surface area (Å²) in [5.74, 6) is -0.0386. The van der Waals surface area contributed by atoms with Gasteiger partial charge in [0.15, 0.2) is 0 Å². The predicted molar refractivity (Wildman–Crippen MR) is 104 cm³/mol. The third kappa shape index (κ3) is 6.01. The molecule has 2 rings (SSSR count). The van der Waals surface area contributed by atoms with E-state index in [1.54, 1.807) is 12.1 Å². The molecule has 24 heavy (non-hydrogen) atoms. The molecular weight excluding hydrogens is 365 g/mol. The van der Waals surface area contributed by atoms with Gasteiger partial charge in [0.25, 0.3) is 0 Å². The van der Waals surface area contributed by atoms with Crippen LogP contribution in [0.25, 0.3) is 0 Å². The molecule has 0 spiro atoms. The van der Waals surface area contributed by atoms with Crippen molar-refractivity contribution in [2.45, 2.75) is 39.2 Å². The first-order valence-corrected chi connectivity index (χ1v) is 8.31. The number of rotatable bonds is 4. The van der Waals surface area contributed by atoms with E-state index < -0.39 is 0 Å². The van der Waals surface area contributed by atoms with Crippen LogP contribution in [0.1, 0.15) is 37.5 Å². The highest BCUT2D eigenvalue weighted by Crippen LogP contribution is 2.23. The van der Waals surface area contributed by atoms with Crippen LogP contribution in [-0.4, -0.2) is 5.91 Å². The maximum Gasteiger partial charge on any atom is 0.224 e. The first-order valence-electron chi connectivity index (χ1n) is 7.56. The van der Waals surface area contributed by atoms with Crippen molar-refractivity contribution < 1.29 is 4.79 Å². The SMILES string of the molecule is CC(C)(C)c1ccc(CNC(=O)Cc2ccc(Cl)c(Cl)c2)cc1.Cl. The Morgan fingerprint density at radius 2 is 1.54 bits per heavy atom. The summed E-state index contributed by atoms with van der Waals surface area (Å²) in [5, 5.41) is 3.89. The van der Waals surface area contributed by atoms with Gasteiger partial charge in [0, 0.05) is 6.54 Å². The van der Waals surface area contributed by atoms with Gasteiger partial charge in [0.05, 0.1) is 16.5 Å². The summed E-state index contributed by atoms with van der Waals surface area (Å²) in [6.07, 6.45) is 0.289. The Hall–Kier alpha value is -1.22. The Labute approximate surface area is 160 Å². The lowest BCUT2D eigenvalue weighted by molar-refractivity contribution is -0.120. The predicted octanol–water partition coefficient (Wildman–Crippen LogP) is 5.57. The van der Waals surface area contributed by atoms with Crippen molar-refractivity contribution in [3.63, 3.8) is 0 Å². The molecule has 2 aromatic rings. The van der Waals surface area contributed by atoms with Gasteiger partial charge in [0.2, 0.25) is 5.91 Å². The molecule has 0 bridgehead atoms. The molecule has 0 radical (unpaired) electrons. The van der Waals surface area contributed by atoms with Crippen molar-refractivity contribution in [1.82, 2.24) is 5.32 Å². The second-order valence-electron chi connectivity index (χ2n) is 6.65. The number of nitrogens with one attached hydrogen (secondary N) is 1. The van der Waals surface area contributed by atoms with E-state index in [1.807, 2.05) is 6.07 Å². The van der Waals surface area contributed by atoms with Crippen molar-refractivity contribution in [2.75, 3.05) is 0 Å². The molecular formula is C19H22Cl3NO. The van der Waals surface area contributed by atoms with Crippen LogP contribution in [0.15, 0.2) is 42.5 Å². The molecule has 0 aliphatic carbocycles. The highest BCUT2D eigenvalue weighted by atomic mass is 35.5. The van der Waals surface area contributed by atoms with Gasteiger partial charge in [0.1, 0.15) is 0 Å². The second kappa shape index (κ2) is 8.75. The molecule has 0 aliphatic heterocycles. The molecule has 0 aromatic heterocycles. The third-order valence-electron chi connectivity index (χ3n) is 3.66. The molecule has 1 amide bonds. The highest BCUT2D eigenvalue weighted by molar-refractivity contribution is 6.42. The van der Waals surface area contributed by atoms with Crippen molar-refractivity contribution in [1.29, 1.82) is 0 Å². The van der Waals surface area contributed by atoms with Crippen LogP contribution in [0.2, 0.25) is 10.0 Å². The van der Waals surface area contributed by atoms with E-state index in [0.29, 0.717) is 16.6 Å². The third-order valence-corrected chi connectivity index (χ3v) is 4.40. The zero-order valence-corrected chi connectivity index (χ0v) is 16.4. The zero-order valence-electron chi connectivity index (χ0n) is 14.0. The van der Waals surface area contributed by atoms with Crippen molar-refractivity contribution in [3.05, 3.63) is 69.2 Å². The van der Waals surface area contributed by atoms with Crippen molar-refractivity contribution in [3.8, 4) is 0 Å².